The fourth-order valence-electron chi connectivity index (χ4n) is 2.96. The van der Waals surface area contributed by atoms with E-state index in [2.05, 4.69) is 0 Å². The van der Waals surface area contributed by atoms with E-state index in [0.29, 0.717) is 6.42 Å². The molecule has 4 nitrogen and oxygen atoms in total. The Balaban J connectivity index is 2.21. The van der Waals surface area contributed by atoms with Crippen LogP contribution in [0.4, 0.5) is 4.39 Å². The number of carbonyl (C=O) groups excluding carboxylic acids is 1. The van der Waals surface area contributed by atoms with Crippen molar-refractivity contribution in [1.82, 2.24) is 4.90 Å². The van der Waals surface area contributed by atoms with Crippen LogP contribution in [0.3, 0.4) is 0 Å². The van der Waals surface area contributed by atoms with Crippen molar-refractivity contribution in [3.05, 3.63) is 35.6 Å². The smallest absolute Gasteiger partial charge is 0.230 e. The molecule has 22 heavy (non-hydrogen) atoms. The zero-order valence-corrected chi connectivity index (χ0v) is 13.9. The van der Waals surface area contributed by atoms with Crippen LogP contribution >= 0.6 is 0 Å². The van der Waals surface area contributed by atoms with E-state index in [-0.39, 0.29) is 35.2 Å². The van der Waals surface area contributed by atoms with Crippen LogP contribution < -0.4 is 0 Å². The van der Waals surface area contributed by atoms with Crippen LogP contribution in [0.15, 0.2) is 24.3 Å². The number of hydrogen-bond donors (Lipinski definition) is 0. The summed E-state index contributed by atoms with van der Waals surface area (Å²) in [6.45, 7) is 3.87. The predicted molar refractivity (Wildman–Crippen MR) is 83.8 cm³/mol. The van der Waals surface area contributed by atoms with E-state index < -0.39 is 15.8 Å². The molecule has 1 fully saturated rings. The molecule has 2 atom stereocenters. The van der Waals surface area contributed by atoms with E-state index in [1.54, 1.807) is 24.1 Å². The lowest BCUT2D eigenvalue weighted by atomic mass is 9.87. The minimum atomic E-state index is -3.03. The molecule has 0 spiro atoms. The highest BCUT2D eigenvalue weighted by Crippen LogP contribution is 2.29. The summed E-state index contributed by atoms with van der Waals surface area (Å²) in [4.78, 5) is 14.4. The van der Waals surface area contributed by atoms with Crippen molar-refractivity contribution >= 4 is 15.7 Å². The van der Waals surface area contributed by atoms with E-state index >= 15 is 0 Å². The van der Waals surface area contributed by atoms with Crippen molar-refractivity contribution in [2.24, 2.45) is 5.92 Å². The Morgan fingerprint density at radius 3 is 2.32 bits per heavy atom. The van der Waals surface area contributed by atoms with E-state index in [1.165, 1.54) is 12.1 Å². The second-order valence-corrected chi connectivity index (χ2v) is 8.51. The summed E-state index contributed by atoms with van der Waals surface area (Å²) >= 11 is 0. The highest BCUT2D eigenvalue weighted by molar-refractivity contribution is 7.91. The van der Waals surface area contributed by atoms with Crippen LogP contribution in [0.1, 0.15) is 31.7 Å². The zero-order chi connectivity index (χ0) is 16.5. The quantitative estimate of drug-likeness (QED) is 0.852. The molecule has 2 unspecified atom stereocenters. The molecule has 0 aromatic heterocycles. The Kier molecular flexibility index (Phi) is 4.90. The second-order valence-electron chi connectivity index (χ2n) is 6.28. The molecule has 1 aromatic rings. The molecule has 0 saturated carbocycles. The molecule has 2 rings (SSSR count). The third kappa shape index (κ3) is 3.66. The van der Waals surface area contributed by atoms with Crippen molar-refractivity contribution in [1.29, 1.82) is 0 Å². The number of likely N-dealkylation sites (N-methyl/N-ethyl adjacent to an activating group) is 1. The summed E-state index contributed by atoms with van der Waals surface area (Å²) in [5.74, 6) is -0.633. The number of rotatable bonds is 4. The number of carbonyl (C=O) groups is 1. The molecule has 1 amide bonds. The maximum atomic E-state index is 13.1. The number of halogens is 1. The first-order valence-electron chi connectivity index (χ1n) is 7.44. The Labute approximate surface area is 131 Å². The summed E-state index contributed by atoms with van der Waals surface area (Å²) in [7, 11) is -1.37. The molecule has 1 aliphatic heterocycles. The standard InChI is InChI=1S/C16H22FNO3S/c1-11(2)15(12-4-6-13(17)7-5-12)16(19)18(3)14-8-9-22(20,21)10-14/h4-7,11,14-15H,8-10H2,1-3H3. The summed E-state index contributed by atoms with van der Waals surface area (Å²) in [6, 6.07) is 5.67. The lowest BCUT2D eigenvalue weighted by molar-refractivity contribution is -0.134. The van der Waals surface area contributed by atoms with Gasteiger partial charge in [0.1, 0.15) is 5.82 Å². The highest BCUT2D eigenvalue weighted by atomic mass is 32.2. The summed E-state index contributed by atoms with van der Waals surface area (Å²) in [6.07, 6.45) is 0.485. The summed E-state index contributed by atoms with van der Waals surface area (Å²) in [5, 5.41) is 0. The van der Waals surface area contributed by atoms with Gasteiger partial charge in [0, 0.05) is 13.1 Å². The van der Waals surface area contributed by atoms with E-state index in [0.717, 1.165) is 5.56 Å². The van der Waals surface area contributed by atoms with Gasteiger partial charge in [-0.15, -0.1) is 0 Å². The van der Waals surface area contributed by atoms with Gasteiger partial charge in [-0.1, -0.05) is 26.0 Å². The van der Waals surface area contributed by atoms with Gasteiger partial charge in [-0.2, -0.15) is 0 Å². The molecule has 0 aliphatic carbocycles. The van der Waals surface area contributed by atoms with Crippen molar-refractivity contribution in [2.45, 2.75) is 32.2 Å². The van der Waals surface area contributed by atoms with E-state index in [4.69, 9.17) is 0 Å². The lowest BCUT2D eigenvalue weighted by Crippen LogP contribution is -2.41. The Bertz CT molecular complexity index is 640. The van der Waals surface area contributed by atoms with Crippen molar-refractivity contribution in [3.8, 4) is 0 Å². The lowest BCUT2D eigenvalue weighted by Gasteiger charge is -2.30. The number of benzene rings is 1. The normalized spacial score (nSPS) is 21.8. The average Bonchev–Trinajstić information content (AvgIpc) is 2.80. The van der Waals surface area contributed by atoms with E-state index in [9.17, 15) is 17.6 Å². The van der Waals surface area contributed by atoms with Crippen LogP contribution in [0.2, 0.25) is 0 Å². The second kappa shape index (κ2) is 6.36. The topological polar surface area (TPSA) is 54.5 Å². The van der Waals surface area contributed by atoms with Gasteiger partial charge in [0.2, 0.25) is 5.91 Å². The molecular weight excluding hydrogens is 305 g/mol. The number of hydrogen-bond acceptors (Lipinski definition) is 3. The van der Waals surface area contributed by atoms with Crippen LogP contribution in [0.25, 0.3) is 0 Å². The van der Waals surface area contributed by atoms with Crippen LogP contribution in [0.5, 0.6) is 0 Å². The first kappa shape index (κ1) is 16.9. The van der Waals surface area contributed by atoms with Gasteiger partial charge in [0.15, 0.2) is 9.84 Å². The molecule has 0 radical (unpaired) electrons. The fraction of sp³-hybridized carbons (Fsp3) is 0.562. The van der Waals surface area contributed by atoms with Gasteiger partial charge in [0.25, 0.3) is 0 Å². The molecule has 1 aromatic carbocycles. The van der Waals surface area contributed by atoms with Gasteiger partial charge >= 0.3 is 0 Å². The van der Waals surface area contributed by atoms with Crippen molar-refractivity contribution in [3.63, 3.8) is 0 Å². The minimum absolute atomic E-state index is 0.0312. The number of amides is 1. The molecule has 1 heterocycles. The Hall–Kier alpha value is -1.43. The monoisotopic (exact) mass is 327 g/mol. The maximum absolute atomic E-state index is 13.1. The third-order valence-electron chi connectivity index (χ3n) is 4.27. The predicted octanol–water partition coefficient (Wildman–Crippen LogP) is 2.21. The average molecular weight is 327 g/mol. The van der Waals surface area contributed by atoms with Gasteiger partial charge < -0.3 is 4.90 Å². The number of sulfone groups is 1. The largest absolute Gasteiger partial charge is 0.341 e. The first-order valence-corrected chi connectivity index (χ1v) is 9.26. The van der Waals surface area contributed by atoms with Crippen molar-refractivity contribution < 1.29 is 17.6 Å². The van der Waals surface area contributed by atoms with Gasteiger partial charge in [0.05, 0.1) is 17.4 Å². The summed E-state index contributed by atoms with van der Waals surface area (Å²) < 4.78 is 36.3. The van der Waals surface area contributed by atoms with Gasteiger partial charge in [-0.3, -0.25) is 4.79 Å². The SMILES string of the molecule is CC(C)C(C(=O)N(C)C1CCS(=O)(=O)C1)c1ccc(F)cc1. The van der Waals surface area contributed by atoms with Crippen LogP contribution in [0, 0.1) is 11.7 Å². The summed E-state index contributed by atoms with van der Waals surface area (Å²) in [5.41, 5.74) is 0.758. The maximum Gasteiger partial charge on any atom is 0.230 e. The minimum Gasteiger partial charge on any atom is -0.341 e. The zero-order valence-electron chi connectivity index (χ0n) is 13.1. The number of nitrogens with zero attached hydrogens (tertiary/aromatic N) is 1. The molecule has 122 valence electrons. The Morgan fingerprint density at radius 1 is 1.27 bits per heavy atom. The van der Waals surface area contributed by atoms with Gasteiger partial charge in [-0.25, -0.2) is 12.8 Å². The van der Waals surface area contributed by atoms with Gasteiger partial charge in [-0.05, 0) is 30.0 Å². The molecule has 1 saturated heterocycles. The fourth-order valence-corrected chi connectivity index (χ4v) is 4.74. The molecule has 1 aliphatic rings. The molecule has 0 N–H and O–H groups in total. The van der Waals surface area contributed by atoms with Crippen LogP contribution in [-0.2, 0) is 14.6 Å². The molecule has 0 bridgehead atoms. The highest BCUT2D eigenvalue weighted by Gasteiger charge is 2.36. The van der Waals surface area contributed by atoms with Crippen molar-refractivity contribution in [2.75, 3.05) is 18.6 Å². The molecular formula is C16H22FNO3S. The van der Waals surface area contributed by atoms with E-state index in [1.807, 2.05) is 13.8 Å². The first-order chi connectivity index (χ1) is 10.2. The third-order valence-corrected chi connectivity index (χ3v) is 6.02. The Morgan fingerprint density at radius 2 is 1.86 bits per heavy atom. The van der Waals surface area contributed by atoms with Crippen LogP contribution in [-0.4, -0.2) is 43.8 Å². The molecule has 6 heteroatoms.